The topological polar surface area (TPSA) is 3.24 Å². The lowest BCUT2D eigenvalue weighted by molar-refractivity contribution is 1.28. The quantitative estimate of drug-likeness (QED) is 0.138. The summed E-state index contributed by atoms with van der Waals surface area (Å²) in [4.78, 5) is 2.45. The second-order valence-electron chi connectivity index (χ2n) is 16.8. The molecule has 1 heteroatoms. The molecule has 0 aliphatic carbocycles. The van der Waals surface area contributed by atoms with Gasteiger partial charge in [0.25, 0.3) is 0 Å². The molecule has 0 saturated heterocycles. The molecule has 0 radical (unpaired) electrons. The molecule has 0 bridgehead atoms. The predicted octanol–water partition coefficient (Wildman–Crippen LogP) is 18.1. The fraction of sp³-hybridized carbons (Fsp3) is 0. The lowest BCUT2D eigenvalue weighted by atomic mass is 9.87. The first-order chi connectivity index (χ1) is 32.2. The molecule has 0 aliphatic rings. The molecule has 0 heterocycles. The van der Waals surface area contributed by atoms with Crippen LogP contribution in [0.25, 0.3) is 98.7 Å². The van der Waals surface area contributed by atoms with Gasteiger partial charge in [-0.2, -0.15) is 0 Å². The molecular weight excluding hydrogens is 783 g/mol. The van der Waals surface area contributed by atoms with Crippen molar-refractivity contribution >= 4 is 60.2 Å². The summed E-state index contributed by atoms with van der Waals surface area (Å²) in [7, 11) is 0. The summed E-state index contributed by atoms with van der Waals surface area (Å²) < 4.78 is 0. The number of benzene rings is 12. The third kappa shape index (κ3) is 6.92. The standard InChI is InChI=1S/C64H43N/c1-3-17-44(18-4-1)46-33-37-52(38-34-46)65(53-39-35-47(36-40-53)61-42-49-21-7-9-25-54(49)56-27-11-13-29-58(56)61)63-32-16-31-60(64(63)51-24-15-23-48(41-51)45-19-5-2-6-20-45)62-43-50-22-8-10-26-55(50)57-28-12-14-30-59(57)62/h1-43H. The highest BCUT2D eigenvalue weighted by Gasteiger charge is 2.23. The molecule has 0 N–H and O–H groups in total. The lowest BCUT2D eigenvalue weighted by Gasteiger charge is -2.30. The minimum atomic E-state index is 1.08. The molecule has 0 spiro atoms. The normalized spacial score (nSPS) is 11.4. The fourth-order valence-electron chi connectivity index (χ4n) is 9.96. The molecule has 0 fully saturated rings. The summed E-state index contributed by atoms with van der Waals surface area (Å²) in [5.74, 6) is 0. The van der Waals surface area contributed by atoms with E-state index in [0.29, 0.717) is 0 Å². The molecule has 1 nitrogen and oxygen atoms in total. The Bertz CT molecular complexity index is 3680. The van der Waals surface area contributed by atoms with E-state index >= 15 is 0 Å². The van der Waals surface area contributed by atoms with Crippen LogP contribution in [-0.4, -0.2) is 0 Å². The Labute approximate surface area is 379 Å². The van der Waals surface area contributed by atoms with Crippen LogP contribution in [0, 0.1) is 0 Å². The van der Waals surface area contributed by atoms with Gasteiger partial charge in [0.15, 0.2) is 0 Å². The monoisotopic (exact) mass is 825 g/mol. The van der Waals surface area contributed by atoms with Crippen molar-refractivity contribution in [2.75, 3.05) is 4.90 Å². The Balaban J connectivity index is 1.11. The number of rotatable bonds is 8. The van der Waals surface area contributed by atoms with Crippen LogP contribution >= 0.6 is 0 Å². The molecule has 0 amide bonds. The summed E-state index contributed by atoms with van der Waals surface area (Å²) in [6.07, 6.45) is 0. The van der Waals surface area contributed by atoms with Crippen molar-refractivity contribution in [2.24, 2.45) is 0 Å². The van der Waals surface area contributed by atoms with Gasteiger partial charge >= 0.3 is 0 Å². The van der Waals surface area contributed by atoms with Crippen LogP contribution in [0.5, 0.6) is 0 Å². The predicted molar refractivity (Wildman–Crippen MR) is 278 cm³/mol. The zero-order valence-corrected chi connectivity index (χ0v) is 35.8. The maximum Gasteiger partial charge on any atom is 0.0546 e. The molecule has 0 unspecified atom stereocenters. The van der Waals surface area contributed by atoms with E-state index in [2.05, 4.69) is 266 Å². The Morgan fingerprint density at radius 2 is 0.631 bits per heavy atom. The van der Waals surface area contributed by atoms with E-state index < -0.39 is 0 Å². The zero-order valence-electron chi connectivity index (χ0n) is 35.8. The molecule has 0 saturated carbocycles. The Morgan fingerprint density at radius 3 is 1.23 bits per heavy atom. The van der Waals surface area contributed by atoms with Gasteiger partial charge in [0, 0.05) is 16.9 Å². The molecular formula is C64H43N. The van der Waals surface area contributed by atoms with Crippen molar-refractivity contribution in [1.29, 1.82) is 0 Å². The highest BCUT2D eigenvalue weighted by atomic mass is 15.1. The largest absolute Gasteiger partial charge is 0.310 e. The van der Waals surface area contributed by atoms with Crippen LogP contribution in [0.3, 0.4) is 0 Å². The van der Waals surface area contributed by atoms with Gasteiger partial charge in [0.1, 0.15) is 0 Å². The molecule has 0 aliphatic heterocycles. The van der Waals surface area contributed by atoms with Crippen LogP contribution in [-0.2, 0) is 0 Å². The van der Waals surface area contributed by atoms with Crippen molar-refractivity contribution < 1.29 is 0 Å². The average molecular weight is 826 g/mol. The molecule has 12 aromatic carbocycles. The number of anilines is 3. The van der Waals surface area contributed by atoms with Crippen molar-refractivity contribution in [2.45, 2.75) is 0 Å². The van der Waals surface area contributed by atoms with Crippen molar-refractivity contribution in [3.05, 3.63) is 261 Å². The van der Waals surface area contributed by atoms with Crippen LogP contribution < -0.4 is 4.90 Å². The number of fused-ring (bicyclic) bond motifs is 6. The Hall–Kier alpha value is -8.52. The molecule has 0 aromatic heterocycles. The number of hydrogen-bond donors (Lipinski definition) is 0. The number of nitrogens with zero attached hydrogens (tertiary/aromatic N) is 1. The Kier molecular flexibility index (Phi) is 9.58. The van der Waals surface area contributed by atoms with Crippen molar-refractivity contribution in [3.63, 3.8) is 0 Å². The highest BCUT2D eigenvalue weighted by molar-refractivity contribution is 6.16. The van der Waals surface area contributed by atoms with Crippen molar-refractivity contribution in [3.8, 4) is 55.6 Å². The fourth-order valence-corrected chi connectivity index (χ4v) is 9.96. The van der Waals surface area contributed by atoms with Gasteiger partial charge in [0.05, 0.1) is 5.69 Å². The van der Waals surface area contributed by atoms with Gasteiger partial charge in [-0.3, -0.25) is 0 Å². The van der Waals surface area contributed by atoms with E-state index in [1.165, 1.54) is 93.2 Å². The van der Waals surface area contributed by atoms with Gasteiger partial charge in [-0.1, -0.05) is 212 Å². The second-order valence-corrected chi connectivity index (χ2v) is 16.8. The molecule has 0 atom stereocenters. The molecule has 65 heavy (non-hydrogen) atoms. The van der Waals surface area contributed by atoms with Gasteiger partial charge in [-0.15, -0.1) is 0 Å². The van der Waals surface area contributed by atoms with Gasteiger partial charge in [-0.05, 0) is 142 Å². The number of hydrogen-bond acceptors (Lipinski definition) is 1. The molecule has 12 aromatic rings. The molecule has 304 valence electrons. The van der Waals surface area contributed by atoms with E-state index in [4.69, 9.17) is 0 Å². The SMILES string of the molecule is c1ccc(-c2ccc(N(c3ccc(-c4cc5ccccc5c5ccccc45)cc3)c3cccc(-c4cc5ccccc5c5ccccc45)c3-c3cccc(-c4ccccc4)c3)cc2)cc1. The summed E-state index contributed by atoms with van der Waals surface area (Å²) in [6, 6.07) is 95.4. The van der Waals surface area contributed by atoms with Gasteiger partial charge in [-0.25, -0.2) is 0 Å². The smallest absolute Gasteiger partial charge is 0.0546 e. The third-order valence-electron chi connectivity index (χ3n) is 13.0. The van der Waals surface area contributed by atoms with E-state index in [0.717, 1.165) is 22.6 Å². The first-order valence-corrected chi connectivity index (χ1v) is 22.4. The minimum absolute atomic E-state index is 1.08. The van der Waals surface area contributed by atoms with Crippen LogP contribution in [0.15, 0.2) is 261 Å². The third-order valence-corrected chi connectivity index (χ3v) is 13.0. The van der Waals surface area contributed by atoms with Gasteiger partial charge < -0.3 is 4.90 Å². The van der Waals surface area contributed by atoms with E-state index in [1.54, 1.807) is 0 Å². The maximum absolute atomic E-state index is 2.45. The summed E-state index contributed by atoms with van der Waals surface area (Å²) in [6.45, 7) is 0. The summed E-state index contributed by atoms with van der Waals surface area (Å²) in [5.41, 5.74) is 15.1. The van der Waals surface area contributed by atoms with Crippen LogP contribution in [0.2, 0.25) is 0 Å². The van der Waals surface area contributed by atoms with Crippen molar-refractivity contribution in [1.82, 2.24) is 0 Å². The van der Waals surface area contributed by atoms with Crippen LogP contribution in [0.4, 0.5) is 17.1 Å². The van der Waals surface area contributed by atoms with Crippen LogP contribution in [0.1, 0.15) is 0 Å². The first kappa shape index (κ1) is 38.2. The van der Waals surface area contributed by atoms with E-state index in [-0.39, 0.29) is 0 Å². The van der Waals surface area contributed by atoms with E-state index in [1.807, 2.05) is 0 Å². The minimum Gasteiger partial charge on any atom is -0.310 e. The van der Waals surface area contributed by atoms with E-state index in [9.17, 15) is 0 Å². The molecule has 12 rings (SSSR count). The van der Waals surface area contributed by atoms with Gasteiger partial charge in [0.2, 0.25) is 0 Å². The second kappa shape index (κ2) is 16.3. The summed E-state index contributed by atoms with van der Waals surface area (Å²) >= 11 is 0. The lowest BCUT2D eigenvalue weighted by Crippen LogP contribution is -2.12. The average Bonchev–Trinajstić information content (AvgIpc) is 3.39. The maximum atomic E-state index is 2.45. The Morgan fingerprint density at radius 1 is 0.215 bits per heavy atom. The first-order valence-electron chi connectivity index (χ1n) is 22.4. The zero-order chi connectivity index (χ0) is 43.1. The summed E-state index contributed by atoms with van der Waals surface area (Å²) in [5, 5.41) is 10.0. The highest BCUT2D eigenvalue weighted by Crippen LogP contribution is 2.49.